The predicted molar refractivity (Wildman–Crippen MR) is 96.1 cm³/mol. The lowest BCUT2D eigenvalue weighted by atomic mass is 10.1. The number of alkyl halides is 3. The van der Waals surface area contributed by atoms with Crippen molar-refractivity contribution in [3.05, 3.63) is 53.1 Å². The van der Waals surface area contributed by atoms with E-state index in [4.69, 9.17) is 16.7 Å². The fourth-order valence-corrected chi connectivity index (χ4v) is 2.83. The summed E-state index contributed by atoms with van der Waals surface area (Å²) in [5.74, 6) is -0.729. The van der Waals surface area contributed by atoms with E-state index in [1.165, 1.54) is 12.1 Å². The van der Waals surface area contributed by atoms with Crippen molar-refractivity contribution in [1.29, 1.82) is 0 Å². The minimum absolute atomic E-state index is 0.0356. The monoisotopic (exact) mass is 412 g/mol. The predicted octanol–water partition coefficient (Wildman–Crippen LogP) is 4.23. The quantitative estimate of drug-likeness (QED) is 0.611. The van der Waals surface area contributed by atoms with E-state index in [0.717, 1.165) is 23.1 Å². The Morgan fingerprint density at radius 3 is 2.54 bits per heavy atom. The largest absolute Gasteiger partial charge is 0.464 e. The van der Waals surface area contributed by atoms with Gasteiger partial charge in [0.25, 0.3) is 0 Å². The number of benzene rings is 2. The van der Waals surface area contributed by atoms with Crippen LogP contribution in [0.4, 0.5) is 35.0 Å². The van der Waals surface area contributed by atoms with E-state index in [-0.39, 0.29) is 27.9 Å². The Morgan fingerprint density at radius 2 is 1.89 bits per heavy atom. The first kappa shape index (κ1) is 19.5. The summed E-state index contributed by atoms with van der Waals surface area (Å²) in [5.41, 5.74) is 3.24. The highest BCUT2D eigenvalue weighted by molar-refractivity contribution is 6.34. The van der Waals surface area contributed by atoms with Gasteiger partial charge < -0.3 is 5.11 Å². The zero-order chi connectivity index (χ0) is 20.5. The molecular formula is C17H12ClF3N4O3. The first-order chi connectivity index (χ1) is 13.2. The molecule has 0 aromatic heterocycles. The number of nitrogens with one attached hydrogen (secondary N) is 2. The van der Waals surface area contributed by atoms with Gasteiger partial charge in [-0.3, -0.25) is 15.1 Å². The second-order valence-electron chi connectivity index (χ2n) is 5.67. The van der Waals surface area contributed by atoms with Gasteiger partial charge in [0.15, 0.2) is 0 Å². The van der Waals surface area contributed by atoms with Crippen molar-refractivity contribution < 1.29 is 27.9 Å². The maximum atomic E-state index is 13.2. The van der Waals surface area contributed by atoms with Gasteiger partial charge in [-0.2, -0.15) is 13.2 Å². The Morgan fingerprint density at radius 1 is 1.18 bits per heavy atom. The zero-order valence-electron chi connectivity index (χ0n) is 13.9. The van der Waals surface area contributed by atoms with Gasteiger partial charge in [-0.15, -0.1) is 0 Å². The van der Waals surface area contributed by atoms with Crippen LogP contribution in [0.15, 0.2) is 47.5 Å². The maximum Gasteiger partial charge on any atom is 0.423 e. The van der Waals surface area contributed by atoms with E-state index in [9.17, 15) is 22.8 Å². The molecule has 2 amide bonds. The van der Waals surface area contributed by atoms with Gasteiger partial charge in [0, 0.05) is 0 Å². The third-order valence-corrected chi connectivity index (χ3v) is 4.09. The van der Waals surface area contributed by atoms with Gasteiger partial charge >= 0.3 is 12.3 Å². The molecule has 146 valence electrons. The molecule has 0 unspecified atom stereocenters. The SMILES string of the molecule is O=C(O)NNC1=Nc2ccc(C(F)(F)F)cc2N(c2ccccc2Cl)C(=O)C1. The van der Waals surface area contributed by atoms with Gasteiger partial charge in [-0.05, 0) is 30.3 Å². The normalized spacial score (nSPS) is 14.1. The van der Waals surface area contributed by atoms with E-state index in [1.807, 2.05) is 5.43 Å². The number of hydrogen-bond donors (Lipinski definition) is 3. The van der Waals surface area contributed by atoms with Crippen molar-refractivity contribution >= 4 is 46.5 Å². The molecule has 1 aliphatic heterocycles. The second-order valence-corrected chi connectivity index (χ2v) is 6.08. The molecule has 1 aliphatic rings. The van der Waals surface area contributed by atoms with Crippen molar-refractivity contribution in [2.24, 2.45) is 4.99 Å². The lowest BCUT2D eigenvalue weighted by molar-refractivity contribution is -0.137. The van der Waals surface area contributed by atoms with E-state index in [1.54, 1.807) is 12.1 Å². The lowest BCUT2D eigenvalue weighted by Crippen LogP contribution is -2.42. The molecule has 3 N–H and O–H groups in total. The Labute approximate surface area is 161 Å². The second kappa shape index (κ2) is 7.39. The molecule has 0 spiro atoms. The molecule has 0 radical (unpaired) electrons. The highest BCUT2D eigenvalue weighted by Gasteiger charge is 2.34. The van der Waals surface area contributed by atoms with Crippen LogP contribution in [0.5, 0.6) is 0 Å². The smallest absolute Gasteiger partial charge is 0.423 e. The summed E-state index contributed by atoms with van der Waals surface area (Å²) in [6.45, 7) is 0. The van der Waals surface area contributed by atoms with Crippen LogP contribution in [-0.4, -0.2) is 22.9 Å². The highest BCUT2D eigenvalue weighted by atomic mass is 35.5. The molecule has 2 aromatic rings. The summed E-state index contributed by atoms with van der Waals surface area (Å²) in [6.07, 6.45) is -6.46. The average Bonchev–Trinajstić information content (AvgIpc) is 2.75. The molecule has 1 heterocycles. The van der Waals surface area contributed by atoms with Gasteiger partial charge in [-0.1, -0.05) is 23.7 Å². The number of anilines is 2. The molecule has 28 heavy (non-hydrogen) atoms. The minimum atomic E-state index is -4.63. The standard InChI is InChI=1S/C17H12ClF3N4O3/c18-10-3-1-2-4-12(10)25-13-7-9(17(19,20)21)5-6-11(13)22-14(8-15(25)26)23-24-16(27)28/h1-7,24H,8H2,(H,22,23)(H,27,28). The Kier molecular flexibility index (Phi) is 5.14. The van der Waals surface area contributed by atoms with E-state index in [0.29, 0.717) is 0 Å². The Hall–Kier alpha value is -3.27. The topological polar surface area (TPSA) is 94.0 Å². The number of halogens is 4. The van der Waals surface area contributed by atoms with E-state index in [2.05, 4.69) is 10.4 Å². The fourth-order valence-electron chi connectivity index (χ4n) is 2.61. The van der Waals surface area contributed by atoms with Gasteiger partial charge in [0.1, 0.15) is 5.84 Å². The van der Waals surface area contributed by atoms with E-state index < -0.39 is 30.2 Å². The molecule has 0 atom stereocenters. The zero-order valence-corrected chi connectivity index (χ0v) is 14.7. The summed E-state index contributed by atoms with van der Waals surface area (Å²) in [7, 11) is 0. The molecule has 0 bridgehead atoms. The molecule has 0 aliphatic carbocycles. The molecule has 11 heteroatoms. The molecular weight excluding hydrogens is 401 g/mol. The number of amidine groups is 1. The number of amides is 2. The van der Waals surface area contributed by atoms with Crippen LogP contribution in [0.3, 0.4) is 0 Å². The lowest BCUT2D eigenvalue weighted by Gasteiger charge is -2.24. The van der Waals surface area contributed by atoms with Crippen LogP contribution in [0.1, 0.15) is 12.0 Å². The Bertz CT molecular complexity index is 978. The molecule has 0 saturated heterocycles. The number of carbonyl (C=O) groups is 2. The molecule has 3 rings (SSSR count). The number of carboxylic acid groups (broad SMARTS) is 1. The van der Waals surface area contributed by atoms with Crippen molar-refractivity contribution in [3.8, 4) is 0 Å². The van der Waals surface area contributed by atoms with Crippen molar-refractivity contribution in [2.75, 3.05) is 4.90 Å². The van der Waals surface area contributed by atoms with Crippen molar-refractivity contribution in [2.45, 2.75) is 12.6 Å². The highest BCUT2D eigenvalue weighted by Crippen LogP contribution is 2.42. The Balaban J connectivity index is 2.16. The minimum Gasteiger partial charge on any atom is -0.464 e. The number of rotatable bonds is 1. The van der Waals surface area contributed by atoms with Crippen LogP contribution >= 0.6 is 11.6 Å². The number of fused-ring (bicyclic) bond motifs is 1. The van der Waals surface area contributed by atoms with Crippen LogP contribution in [-0.2, 0) is 11.0 Å². The molecule has 0 saturated carbocycles. The summed E-state index contributed by atoms with van der Waals surface area (Å²) in [5, 5.41) is 8.85. The number of hydrazine groups is 1. The van der Waals surface area contributed by atoms with Crippen molar-refractivity contribution in [3.63, 3.8) is 0 Å². The van der Waals surface area contributed by atoms with Gasteiger partial charge in [0.2, 0.25) is 5.91 Å². The third-order valence-electron chi connectivity index (χ3n) is 3.77. The van der Waals surface area contributed by atoms with Crippen molar-refractivity contribution in [1.82, 2.24) is 10.9 Å². The maximum absolute atomic E-state index is 13.2. The molecule has 7 nitrogen and oxygen atoms in total. The van der Waals surface area contributed by atoms with Crippen LogP contribution < -0.4 is 15.8 Å². The van der Waals surface area contributed by atoms with Gasteiger partial charge in [-0.25, -0.2) is 15.2 Å². The van der Waals surface area contributed by atoms with Crippen LogP contribution in [0, 0.1) is 0 Å². The van der Waals surface area contributed by atoms with Crippen LogP contribution in [0.25, 0.3) is 0 Å². The summed E-state index contributed by atoms with van der Waals surface area (Å²) in [6, 6.07) is 8.90. The number of para-hydroxylation sites is 1. The summed E-state index contributed by atoms with van der Waals surface area (Å²) < 4.78 is 39.6. The summed E-state index contributed by atoms with van der Waals surface area (Å²) >= 11 is 6.15. The van der Waals surface area contributed by atoms with Gasteiger partial charge in [0.05, 0.1) is 34.1 Å². The number of aliphatic imine (C=N–C) groups is 1. The summed E-state index contributed by atoms with van der Waals surface area (Å²) in [4.78, 5) is 28.6. The number of carbonyl (C=O) groups excluding carboxylic acids is 1. The first-order valence-corrected chi connectivity index (χ1v) is 8.16. The number of nitrogens with zero attached hydrogens (tertiary/aromatic N) is 2. The number of hydrogen-bond acceptors (Lipinski definition) is 4. The molecule has 2 aromatic carbocycles. The van der Waals surface area contributed by atoms with Crippen LogP contribution in [0.2, 0.25) is 5.02 Å². The molecule has 0 fully saturated rings. The van der Waals surface area contributed by atoms with E-state index >= 15 is 0 Å². The fraction of sp³-hybridized carbons (Fsp3) is 0.118. The first-order valence-electron chi connectivity index (χ1n) is 7.78. The third kappa shape index (κ3) is 4.01. The average molecular weight is 413 g/mol.